The molecule has 176 valence electrons. The number of nitrogens with one attached hydrogen (secondary N) is 2. The molecule has 1 heterocycles. The van der Waals surface area contributed by atoms with E-state index < -0.39 is 0 Å². The molecule has 0 amide bonds. The van der Waals surface area contributed by atoms with E-state index in [1.54, 1.807) is 18.9 Å². The van der Waals surface area contributed by atoms with E-state index in [4.69, 9.17) is 38.0 Å². The highest BCUT2D eigenvalue weighted by molar-refractivity contribution is 9.10. The van der Waals surface area contributed by atoms with Gasteiger partial charge in [-0.3, -0.25) is 0 Å². The van der Waals surface area contributed by atoms with Gasteiger partial charge in [0.15, 0.2) is 17.3 Å². The molecule has 0 aliphatic heterocycles. The summed E-state index contributed by atoms with van der Waals surface area (Å²) in [6, 6.07) is 18.9. The summed E-state index contributed by atoms with van der Waals surface area (Å²) in [4.78, 5) is 0. The highest BCUT2D eigenvalue weighted by atomic mass is 79.9. The molecule has 0 spiro atoms. The Morgan fingerprint density at radius 2 is 1.85 bits per heavy atom. The smallest absolute Gasteiger partial charge is 0.214 e. The van der Waals surface area contributed by atoms with Crippen LogP contribution in [0.4, 0.5) is 0 Å². The van der Waals surface area contributed by atoms with Gasteiger partial charge in [0.1, 0.15) is 12.4 Å². The van der Waals surface area contributed by atoms with Crippen LogP contribution >= 0.6 is 39.7 Å². The van der Waals surface area contributed by atoms with Gasteiger partial charge >= 0.3 is 0 Å². The van der Waals surface area contributed by atoms with Crippen LogP contribution in [0, 0.1) is 4.77 Å². The van der Waals surface area contributed by atoms with Gasteiger partial charge < -0.3 is 19.6 Å². The molecule has 0 bridgehead atoms. The summed E-state index contributed by atoms with van der Waals surface area (Å²) in [5, 5.41) is 7.89. The highest BCUT2D eigenvalue weighted by Gasteiger charge is 2.18. The summed E-state index contributed by atoms with van der Waals surface area (Å²) < 4.78 is 20.3. The predicted octanol–water partition coefficient (Wildman–Crippen LogP) is 6.36. The number of hydrogen-bond acceptors (Lipinski definition) is 6. The minimum atomic E-state index is 0.331. The van der Waals surface area contributed by atoms with Gasteiger partial charge in [-0.25, -0.2) is 9.77 Å². The van der Waals surface area contributed by atoms with Gasteiger partial charge in [-0.1, -0.05) is 51.8 Å². The topological polar surface area (TPSA) is 73.3 Å². The van der Waals surface area contributed by atoms with E-state index in [-0.39, 0.29) is 0 Å². The Morgan fingerprint density at radius 3 is 2.62 bits per heavy atom. The summed E-state index contributed by atoms with van der Waals surface area (Å²) in [5.41, 5.74) is 5.95. The Bertz CT molecular complexity index is 1360. The fourth-order valence-electron chi connectivity index (χ4n) is 3.46. The van der Waals surface area contributed by atoms with Crippen LogP contribution in [0.3, 0.4) is 0 Å². The summed E-state index contributed by atoms with van der Waals surface area (Å²) >= 11 is 15.2. The van der Waals surface area contributed by atoms with Crippen molar-refractivity contribution in [2.45, 2.75) is 13.2 Å². The SMILES string of the molecule is COc1ccccc1-c1n[nH]c(=S)n1NCc1c(Br)ccc(OC)c1OCc1cccc(Cl)c1. The molecule has 10 heteroatoms. The maximum Gasteiger partial charge on any atom is 0.214 e. The molecule has 7 nitrogen and oxygen atoms in total. The van der Waals surface area contributed by atoms with E-state index in [0.717, 1.165) is 21.2 Å². The van der Waals surface area contributed by atoms with Crippen LogP contribution in [-0.4, -0.2) is 29.1 Å². The molecule has 1 aromatic heterocycles. The van der Waals surface area contributed by atoms with Gasteiger partial charge in [0.25, 0.3) is 0 Å². The van der Waals surface area contributed by atoms with Gasteiger partial charge in [-0.05, 0) is 54.2 Å². The second-order valence-corrected chi connectivity index (χ2v) is 8.88. The third kappa shape index (κ3) is 5.22. The van der Waals surface area contributed by atoms with E-state index in [1.165, 1.54) is 0 Å². The molecule has 0 unspecified atom stereocenters. The van der Waals surface area contributed by atoms with Gasteiger partial charge in [0, 0.05) is 15.1 Å². The molecule has 3 aromatic carbocycles. The normalized spacial score (nSPS) is 10.7. The van der Waals surface area contributed by atoms with Crippen LogP contribution in [0.2, 0.25) is 5.02 Å². The fourth-order valence-corrected chi connectivity index (χ4v) is 4.32. The first-order valence-electron chi connectivity index (χ1n) is 10.3. The molecule has 4 rings (SSSR count). The minimum absolute atomic E-state index is 0.331. The number of aromatic nitrogens is 3. The first-order chi connectivity index (χ1) is 16.5. The van der Waals surface area contributed by atoms with Crippen LogP contribution in [0.5, 0.6) is 17.2 Å². The second kappa shape index (κ2) is 10.9. The largest absolute Gasteiger partial charge is 0.496 e. The Balaban J connectivity index is 1.64. The van der Waals surface area contributed by atoms with E-state index in [2.05, 4.69) is 31.6 Å². The Labute approximate surface area is 215 Å². The van der Waals surface area contributed by atoms with E-state index in [9.17, 15) is 0 Å². The van der Waals surface area contributed by atoms with Crippen molar-refractivity contribution in [3.8, 4) is 28.6 Å². The third-order valence-corrected chi connectivity index (χ3v) is 6.35. The van der Waals surface area contributed by atoms with Gasteiger partial charge in [0.2, 0.25) is 4.77 Å². The van der Waals surface area contributed by atoms with Crippen molar-refractivity contribution in [2.24, 2.45) is 0 Å². The summed E-state index contributed by atoms with van der Waals surface area (Å²) in [6.07, 6.45) is 0. The number of methoxy groups -OCH3 is 2. The number of ether oxygens (including phenoxy) is 3. The van der Waals surface area contributed by atoms with Crippen molar-refractivity contribution in [3.05, 3.63) is 86.1 Å². The van der Waals surface area contributed by atoms with Crippen LogP contribution in [0.25, 0.3) is 11.4 Å². The zero-order chi connectivity index (χ0) is 24.1. The lowest BCUT2D eigenvalue weighted by atomic mass is 10.1. The predicted molar refractivity (Wildman–Crippen MR) is 139 cm³/mol. The summed E-state index contributed by atoms with van der Waals surface area (Å²) in [6.45, 7) is 0.705. The molecule has 2 N–H and O–H groups in total. The Hall–Kier alpha value is -3.01. The molecular formula is C24H22BrClN4O3S. The molecule has 0 radical (unpaired) electrons. The maximum absolute atomic E-state index is 6.20. The van der Waals surface area contributed by atoms with Crippen molar-refractivity contribution < 1.29 is 14.2 Å². The molecule has 34 heavy (non-hydrogen) atoms. The van der Waals surface area contributed by atoms with E-state index in [0.29, 0.717) is 46.0 Å². The maximum atomic E-state index is 6.20. The van der Waals surface area contributed by atoms with Crippen molar-refractivity contribution in [1.82, 2.24) is 14.9 Å². The lowest BCUT2D eigenvalue weighted by Crippen LogP contribution is -2.17. The molecule has 0 atom stereocenters. The van der Waals surface area contributed by atoms with Crippen LogP contribution < -0.4 is 19.6 Å². The zero-order valence-corrected chi connectivity index (χ0v) is 21.6. The molecule has 0 aliphatic carbocycles. The molecule has 0 saturated heterocycles. The van der Waals surface area contributed by atoms with E-state index >= 15 is 0 Å². The molecule has 0 aliphatic rings. The van der Waals surface area contributed by atoms with Gasteiger partial charge in [0.05, 0.1) is 26.3 Å². The number of para-hydroxylation sites is 1. The average molecular weight is 562 g/mol. The number of aromatic amines is 1. The van der Waals surface area contributed by atoms with Crippen LogP contribution in [0.1, 0.15) is 11.1 Å². The first-order valence-corrected chi connectivity index (χ1v) is 11.9. The monoisotopic (exact) mass is 560 g/mol. The molecular weight excluding hydrogens is 540 g/mol. The average Bonchev–Trinajstić information content (AvgIpc) is 3.22. The Kier molecular flexibility index (Phi) is 7.77. The van der Waals surface area contributed by atoms with Crippen molar-refractivity contribution in [3.63, 3.8) is 0 Å². The Morgan fingerprint density at radius 1 is 1.06 bits per heavy atom. The quantitative estimate of drug-likeness (QED) is 0.232. The van der Waals surface area contributed by atoms with Crippen molar-refractivity contribution >= 4 is 39.7 Å². The first kappa shape index (κ1) is 24.1. The van der Waals surface area contributed by atoms with Crippen LogP contribution in [0.15, 0.2) is 65.1 Å². The number of nitrogens with zero attached hydrogens (tertiary/aromatic N) is 2. The fraction of sp³-hybridized carbons (Fsp3) is 0.167. The number of H-pyrrole nitrogens is 1. The number of rotatable bonds is 9. The lowest BCUT2D eigenvalue weighted by molar-refractivity contribution is 0.281. The van der Waals surface area contributed by atoms with Gasteiger partial charge in [-0.15, -0.1) is 0 Å². The van der Waals surface area contributed by atoms with E-state index in [1.807, 2.05) is 60.7 Å². The number of halogens is 2. The molecule has 0 fully saturated rings. The standard InChI is InChI=1S/C24H22BrClN4O3S/c1-31-20-9-4-3-8-17(20)23-28-29-24(34)30(23)27-13-18-19(25)10-11-21(32-2)22(18)33-14-15-6-5-7-16(26)12-15/h3-12,27H,13-14H2,1-2H3,(H,29,34). The highest BCUT2D eigenvalue weighted by Crippen LogP contribution is 2.37. The summed E-state index contributed by atoms with van der Waals surface area (Å²) in [5.74, 6) is 2.51. The molecule has 4 aromatic rings. The zero-order valence-electron chi connectivity index (χ0n) is 18.5. The van der Waals surface area contributed by atoms with Gasteiger partial charge in [-0.2, -0.15) is 5.10 Å². The lowest BCUT2D eigenvalue weighted by Gasteiger charge is -2.18. The minimum Gasteiger partial charge on any atom is -0.496 e. The van der Waals surface area contributed by atoms with Crippen molar-refractivity contribution in [2.75, 3.05) is 19.6 Å². The second-order valence-electron chi connectivity index (χ2n) is 7.20. The number of hydrogen-bond donors (Lipinski definition) is 2. The number of benzene rings is 3. The molecule has 0 saturated carbocycles. The van der Waals surface area contributed by atoms with Crippen LogP contribution in [-0.2, 0) is 13.2 Å². The summed E-state index contributed by atoms with van der Waals surface area (Å²) in [7, 11) is 3.23. The third-order valence-electron chi connectivity index (χ3n) is 5.09. The van der Waals surface area contributed by atoms with Crippen molar-refractivity contribution in [1.29, 1.82) is 0 Å².